The third-order valence-corrected chi connectivity index (χ3v) is 3.40. The molecule has 1 aromatic rings. The Balaban J connectivity index is 2.16. The molecule has 19 heavy (non-hydrogen) atoms. The van der Waals surface area contributed by atoms with Crippen molar-refractivity contribution in [1.82, 2.24) is 4.90 Å². The third kappa shape index (κ3) is 3.07. The van der Waals surface area contributed by atoms with Gasteiger partial charge in [0.1, 0.15) is 0 Å². The van der Waals surface area contributed by atoms with Gasteiger partial charge in [-0.15, -0.1) is 0 Å². The Bertz CT molecular complexity index is 465. The fourth-order valence-electron chi connectivity index (χ4n) is 2.54. The minimum atomic E-state index is -0.864. The Kier molecular flexibility index (Phi) is 3.80. The first kappa shape index (κ1) is 13.9. The number of benzene rings is 1. The topological polar surface area (TPSA) is 52.6 Å². The number of anilines is 1. The zero-order valence-corrected chi connectivity index (χ0v) is 11.8. The standard InChI is InChI=1S/C15H22N2O2/c1-4-17(10-15(2,3)19)14(18)12-9-16-13-8-6-5-7-11(12)13/h5-8,12,16,19H,4,9-10H2,1-3H3. The average molecular weight is 262 g/mol. The van der Waals surface area contributed by atoms with Crippen molar-refractivity contribution in [2.75, 3.05) is 25.0 Å². The summed E-state index contributed by atoms with van der Waals surface area (Å²) in [5.41, 5.74) is 1.24. The maximum Gasteiger partial charge on any atom is 0.232 e. The molecule has 0 saturated heterocycles. The number of nitrogens with zero attached hydrogens (tertiary/aromatic N) is 1. The van der Waals surface area contributed by atoms with Crippen molar-refractivity contribution < 1.29 is 9.90 Å². The molecule has 0 aliphatic carbocycles. The largest absolute Gasteiger partial charge is 0.389 e. The van der Waals surface area contributed by atoms with E-state index in [4.69, 9.17) is 0 Å². The lowest BCUT2D eigenvalue weighted by atomic mass is 9.99. The molecule has 2 N–H and O–H groups in total. The Labute approximate surface area is 114 Å². The molecule has 1 aliphatic rings. The van der Waals surface area contributed by atoms with Crippen LogP contribution in [0.25, 0.3) is 0 Å². The zero-order valence-electron chi connectivity index (χ0n) is 11.8. The van der Waals surface area contributed by atoms with E-state index in [-0.39, 0.29) is 11.8 Å². The fraction of sp³-hybridized carbons (Fsp3) is 0.533. The lowest BCUT2D eigenvalue weighted by Gasteiger charge is -2.30. The number of hydrogen-bond acceptors (Lipinski definition) is 3. The van der Waals surface area contributed by atoms with Crippen molar-refractivity contribution in [3.05, 3.63) is 29.8 Å². The SMILES string of the molecule is CCN(CC(C)(C)O)C(=O)C1CNc2ccccc21. The quantitative estimate of drug-likeness (QED) is 0.870. The first-order chi connectivity index (χ1) is 8.92. The number of carbonyl (C=O) groups is 1. The van der Waals surface area contributed by atoms with Crippen LogP contribution in [0.15, 0.2) is 24.3 Å². The summed E-state index contributed by atoms with van der Waals surface area (Å²) in [5, 5.41) is 13.2. The van der Waals surface area contributed by atoms with Crippen LogP contribution < -0.4 is 5.32 Å². The predicted molar refractivity (Wildman–Crippen MR) is 76.2 cm³/mol. The third-order valence-electron chi connectivity index (χ3n) is 3.40. The van der Waals surface area contributed by atoms with Crippen LogP contribution in [0, 0.1) is 0 Å². The summed E-state index contributed by atoms with van der Waals surface area (Å²) in [4.78, 5) is 14.3. The first-order valence-corrected chi connectivity index (χ1v) is 6.76. The Morgan fingerprint density at radius 2 is 2.16 bits per heavy atom. The molecule has 1 unspecified atom stereocenters. The van der Waals surface area contributed by atoms with Gasteiger partial charge in [0.25, 0.3) is 0 Å². The van der Waals surface area contributed by atoms with Crippen molar-refractivity contribution in [2.24, 2.45) is 0 Å². The second-order valence-corrected chi connectivity index (χ2v) is 5.69. The van der Waals surface area contributed by atoms with Gasteiger partial charge in [-0.3, -0.25) is 4.79 Å². The molecule has 1 atom stereocenters. The van der Waals surface area contributed by atoms with Crippen LogP contribution in [0.4, 0.5) is 5.69 Å². The number of amides is 1. The molecular weight excluding hydrogens is 240 g/mol. The molecule has 2 rings (SSSR count). The van der Waals surface area contributed by atoms with Gasteiger partial charge in [-0.25, -0.2) is 0 Å². The molecule has 0 bridgehead atoms. The number of carbonyl (C=O) groups excluding carboxylic acids is 1. The highest BCUT2D eigenvalue weighted by molar-refractivity contribution is 5.88. The van der Waals surface area contributed by atoms with Crippen molar-refractivity contribution in [3.63, 3.8) is 0 Å². The second-order valence-electron chi connectivity index (χ2n) is 5.69. The molecular formula is C15H22N2O2. The van der Waals surface area contributed by atoms with E-state index in [0.717, 1.165) is 11.3 Å². The van der Waals surface area contributed by atoms with Gasteiger partial charge in [-0.2, -0.15) is 0 Å². The minimum Gasteiger partial charge on any atom is -0.389 e. The molecule has 0 aromatic heterocycles. The lowest BCUT2D eigenvalue weighted by Crippen LogP contribution is -2.44. The molecule has 1 heterocycles. The van der Waals surface area contributed by atoms with E-state index in [0.29, 0.717) is 19.6 Å². The van der Waals surface area contributed by atoms with E-state index in [1.165, 1.54) is 0 Å². The van der Waals surface area contributed by atoms with Gasteiger partial charge in [0, 0.05) is 25.3 Å². The molecule has 1 amide bonds. The monoisotopic (exact) mass is 262 g/mol. The minimum absolute atomic E-state index is 0.0853. The first-order valence-electron chi connectivity index (χ1n) is 6.76. The van der Waals surface area contributed by atoms with Gasteiger partial charge in [0.2, 0.25) is 5.91 Å². The highest BCUT2D eigenvalue weighted by atomic mass is 16.3. The summed E-state index contributed by atoms with van der Waals surface area (Å²) >= 11 is 0. The van der Waals surface area contributed by atoms with Crippen LogP contribution >= 0.6 is 0 Å². The number of fused-ring (bicyclic) bond motifs is 1. The molecule has 4 nitrogen and oxygen atoms in total. The number of nitrogens with one attached hydrogen (secondary N) is 1. The van der Waals surface area contributed by atoms with Crippen molar-refractivity contribution >= 4 is 11.6 Å². The number of rotatable bonds is 4. The van der Waals surface area contributed by atoms with Crippen LogP contribution in [-0.2, 0) is 4.79 Å². The van der Waals surface area contributed by atoms with Crippen molar-refractivity contribution in [3.8, 4) is 0 Å². The molecule has 0 spiro atoms. The van der Waals surface area contributed by atoms with Crippen LogP contribution in [0.3, 0.4) is 0 Å². The number of para-hydroxylation sites is 1. The van der Waals surface area contributed by atoms with E-state index in [1.54, 1.807) is 18.7 Å². The summed E-state index contributed by atoms with van der Waals surface area (Å²) in [5.74, 6) is -0.0550. The van der Waals surface area contributed by atoms with Gasteiger partial charge in [0.15, 0.2) is 0 Å². The van der Waals surface area contributed by atoms with E-state index in [2.05, 4.69) is 5.32 Å². The second kappa shape index (κ2) is 5.21. The van der Waals surface area contributed by atoms with E-state index >= 15 is 0 Å². The number of hydrogen-bond donors (Lipinski definition) is 2. The van der Waals surface area contributed by atoms with Crippen molar-refractivity contribution in [2.45, 2.75) is 32.3 Å². The Hall–Kier alpha value is -1.55. The Morgan fingerprint density at radius 3 is 2.79 bits per heavy atom. The maximum absolute atomic E-state index is 12.6. The summed E-state index contributed by atoms with van der Waals surface area (Å²) in [7, 11) is 0. The molecule has 1 aliphatic heterocycles. The number of likely N-dealkylation sites (N-methyl/N-ethyl adjacent to an activating group) is 1. The number of aliphatic hydroxyl groups is 1. The molecule has 4 heteroatoms. The smallest absolute Gasteiger partial charge is 0.232 e. The summed E-state index contributed by atoms with van der Waals surface area (Å²) in [6.07, 6.45) is 0. The van der Waals surface area contributed by atoms with E-state index in [1.807, 2.05) is 31.2 Å². The highest BCUT2D eigenvalue weighted by Crippen LogP contribution is 2.32. The van der Waals surface area contributed by atoms with Gasteiger partial charge in [-0.1, -0.05) is 18.2 Å². The van der Waals surface area contributed by atoms with Gasteiger partial charge in [0.05, 0.1) is 11.5 Å². The van der Waals surface area contributed by atoms with E-state index in [9.17, 15) is 9.90 Å². The van der Waals surface area contributed by atoms with Gasteiger partial charge >= 0.3 is 0 Å². The van der Waals surface area contributed by atoms with E-state index < -0.39 is 5.60 Å². The lowest BCUT2D eigenvalue weighted by molar-refractivity contribution is -0.135. The van der Waals surface area contributed by atoms with Crippen LogP contribution in [0.5, 0.6) is 0 Å². The van der Waals surface area contributed by atoms with Crippen LogP contribution in [-0.4, -0.2) is 41.1 Å². The zero-order chi connectivity index (χ0) is 14.0. The van der Waals surface area contributed by atoms with Gasteiger partial charge in [-0.05, 0) is 32.4 Å². The molecule has 0 fully saturated rings. The molecule has 1 aromatic carbocycles. The molecule has 0 radical (unpaired) electrons. The fourth-order valence-corrected chi connectivity index (χ4v) is 2.54. The normalized spacial score (nSPS) is 17.8. The summed E-state index contributed by atoms with van der Waals surface area (Å²) < 4.78 is 0. The van der Waals surface area contributed by atoms with Gasteiger partial charge < -0.3 is 15.3 Å². The molecule has 104 valence electrons. The maximum atomic E-state index is 12.6. The average Bonchev–Trinajstić information content (AvgIpc) is 2.78. The van der Waals surface area contributed by atoms with Crippen LogP contribution in [0.1, 0.15) is 32.3 Å². The van der Waals surface area contributed by atoms with Crippen molar-refractivity contribution in [1.29, 1.82) is 0 Å². The summed E-state index contributed by atoms with van der Waals surface area (Å²) in [6, 6.07) is 7.91. The molecule has 0 saturated carbocycles. The Morgan fingerprint density at radius 1 is 1.47 bits per heavy atom. The van der Waals surface area contributed by atoms with Crippen LogP contribution in [0.2, 0.25) is 0 Å². The highest BCUT2D eigenvalue weighted by Gasteiger charge is 2.32. The summed E-state index contributed by atoms with van der Waals surface area (Å²) in [6.45, 7) is 7.01. The predicted octanol–water partition coefficient (Wildman–Crippen LogP) is 1.82.